The van der Waals surface area contributed by atoms with E-state index in [0.29, 0.717) is 11.3 Å². The number of nitriles is 1. The lowest BCUT2D eigenvalue weighted by molar-refractivity contribution is 0.125. The highest BCUT2D eigenvalue weighted by Gasteiger charge is 2.60. The van der Waals surface area contributed by atoms with Crippen LogP contribution in [0.25, 0.3) is 82.1 Å². The average Bonchev–Trinajstić information content (AvgIpc) is 3.95. The lowest BCUT2D eigenvalue weighted by Crippen LogP contribution is -2.42. The van der Waals surface area contributed by atoms with Crippen molar-refractivity contribution in [3.8, 4) is 39.7 Å². The molecule has 4 nitrogen and oxygen atoms in total. The van der Waals surface area contributed by atoms with Gasteiger partial charge in [0.25, 0.3) is 0 Å². The number of hydrogen-bond donors (Lipinski definition) is 0. The van der Waals surface area contributed by atoms with Gasteiger partial charge in [-0.1, -0.05) is 166 Å². The van der Waals surface area contributed by atoms with Crippen molar-refractivity contribution >= 4 is 49.3 Å². The molecule has 12 rings (SSSR count). The smallest absolute Gasteiger partial charge is 0.230 e. The Kier molecular flexibility index (Phi) is 7.07. The first-order valence-electron chi connectivity index (χ1n) is 22.4. The highest BCUT2D eigenvalue weighted by Crippen LogP contribution is 2.67. The van der Waals surface area contributed by atoms with E-state index in [2.05, 4.69) is 211 Å². The second-order valence-electron chi connectivity index (χ2n) is 21.1. The van der Waals surface area contributed by atoms with Gasteiger partial charge in [0.15, 0.2) is 0 Å². The number of fused-ring (bicyclic) bond motifs is 15. The summed E-state index contributed by atoms with van der Waals surface area (Å²) in [5.41, 5.74) is 17.7. The molecule has 4 heteroatoms. The van der Waals surface area contributed by atoms with Crippen LogP contribution in [0.5, 0.6) is 0 Å². The van der Waals surface area contributed by atoms with Gasteiger partial charge in [-0.15, -0.1) is 0 Å². The highest BCUT2D eigenvalue weighted by molar-refractivity contribution is 6.17. The minimum atomic E-state index is -0.435. The van der Waals surface area contributed by atoms with Crippen LogP contribution in [0, 0.1) is 23.3 Å². The number of nitrogens with zero attached hydrogens (tertiary/aromatic N) is 4. The van der Waals surface area contributed by atoms with Gasteiger partial charge in [-0.05, 0) is 96.1 Å². The van der Waals surface area contributed by atoms with Crippen LogP contribution in [-0.2, 0) is 21.7 Å². The second-order valence-corrected chi connectivity index (χ2v) is 21.1. The molecule has 0 radical (unpaired) electrons. The number of rotatable bonds is 2. The predicted octanol–water partition coefficient (Wildman–Crippen LogP) is 15.5. The van der Waals surface area contributed by atoms with E-state index in [1.54, 1.807) is 0 Å². The van der Waals surface area contributed by atoms with E-state index in [4.69, 9.17) is 0 Å². The standard InChI is InChI=1S/C59H50N4/c1-55(2)40-24-16-12-20-33(40)35-28-30-44-46(48(35)55)37-22-14-18-26-42(37)62(44)53-39(32-60)52(61-11)54(51-50(53)57(5,6)59(9,10)58(51,7)8)63-43-27-19-15-23-38(43)47-45(63)31-29-36-34-21-13-17-25-41(34)56(3,4)49(36)47/h12-31H,1-10H3. The Morgan fingerprint density at radius 3 is 1.33 bits per heavy atom. The first kappa shape index (κ1) is 37.8. The van der Waals surface area contributed by atoms with E-state index in [1.807, 2.05) is 0 Å². The molecule has 0 amide bonds. The maximum atomic E-state index is 11.8. The molecular formula is C59H50N4. The second kappa shape index (κ2) is 11.8. The average molecular weight is 815 g/mol. The maximum absolute atomic E-state index is 11.8. The third-order valence-corrected chi connectivity index (χ3v) is 17.2. The van der Waals surface area contributed by atoms with Crippen LogP contribution in [0.1, 0.15) is 108 Å². The molecule has 0 unspecified atom stereocenters. The Balaban J connectivity index is 1.28. The van der Waals surface area contributed by atoms with Gasteiger partial charge in [0.1, 0.15) is 0 Å². The van der Waals surface area contributed by atoms with E-state index < -0.39 is 10.8 Å². The summed E-state index contributed by atoms with van der Waals surface area (Å²) < 4.78 is 4.75. The van der Waals surface area contributed by atoms with Crippen molar-refractivity contribution in [3.63, 3.8) is 0 Å². The summed E-state index contributed by atoms with van der Waals surface area (Å²) in [4.78, 5) is 4.51. The van der Waals surface area contributed by atoms with Crippen LogP contribution < -0.4 is 0 Å². The summed E-state index contributed by atoms with van der Waals surface area (Å²) in [7, 11) is 0. The molecule has 63 heavy (non-hydrogen) atoms. The van der Waals surface area contributed by atoms with Crippen molar-refractivity contribution in [3.05, 3.63) is 172 Å². The summed E-state index contributed by atoms with van der Waals surface area (Å²) in [6.07, 6.45) is 0. The molecule has 3 aliphatic rings. The molecule has 306 valence electrons. The van der Waals surface area contributed by atoms with E-state index >= 15 is 0 Å². The van der Waals surface area contributed by atoms with Crippen molar-refractivity contribution in [2.75, 3.05) is 0 Å². The first-order chi connectivity index (χ1) is 30.0. The Labute approximate surface area is 369 Å². The van der Waals surface area contributed by atoms with Gasteiger partial charge in [0.05, 0.1) is 51.6 Å². The molecule has 0 atom stereocenters. The van der Waals surface area contributed by atoms with Crippen molar-refractivity contribution < 1.29 is 0 Å². The molecule has 0 aliphatic heterocycles. The molecular weight excluding hydrogens is 765 g/mol. The van der Waals surface area contributed by atoms with E-state index in [1.165, 1.54) is 55.3 Å². The molecule has 0 saturated heterocycles. The highest BCUT2D eigenvalue weighted by atomic mass is 15.0. The molecule has 0 fully saturated rings. The Hall–Kier alpha value is -6.88. The normalized spacial score (nSPS) is 17.7. The zero-order chi connectivity index (χ0) is 43.9. The molecule has 0 N–H and O–H groups in total. The van der Waals surface area contributed by atoms with Crippen molar-refractivity contribution in [2.24, 2.45) is 5.41 Å². The fraction of sp³-hybridized carbons (Fsp3) is 0.254. The fourth-order valence-electron chi connectivity index (χ4n) is 13.1. The zero-order valence-corrected chi connectivity index (χ0v) is 37.8. The fourth-order valence-corrected chi connectivity index (χ4v) is 13.1. The molecule has 9 aromatic rings. The van der Waals surface area contributed by atoms with Crippen LogP contribution in [0.2, 0.25) is 0 Å². The summed E-state index contributed by atoms with van der Waals surface area (Å²) in [6.45, 7) is 32.9. The van der Waals surface area contributed by atoms with Crippen LogP contribution in [0.3, 0.4) is 0 Å². The quantitative estimate of drug-likeness (QED) is 0.160. The van der Waals surface area contributed by atoms with Gasteiger partial charge in [-0.25, -0.2) is 4.85 Å². The summed E-state index contributed by atoms with van der Waals surface area (Å²) in [6, 6.07) is 47.0. The monoisotopic (exact) mass is 814 g/mol. The Bertz CT molecular complexity index is 3430. The van der Waals surface area contributed by atoms with Gasteiger partial charge in [0.2, 0.25) is 5.69 Å². The minimum absolute atomic E-state index is 0.247. The Morgan fingerprint density at radius 1 is 0.460 bits per heavy atom. The largest absolute Gasteiger partial charge is 0.319 e. The Morgan fingerprint density at radius 2 is 0.873 bits per heavy atom. The van der Waals surface area contributed by atoms with E-state index in [-0.39, 0.29) is 16.2 Å². The van der Waals surface area contributed by atoms with Crippen LogP contribution in [0.4, 0.5) is 5.69 Å². The number of para-hydroxylation sites is 2. The number of benzene rings is 7. The van der Waals surface area contributed by atoms with Gasteiger partial charge in [0, 0.05) is 32.4 Å². The van der Waals surface area contributed by atoms with E-state index in [9.17, 15) is 11.8 Å². The van der Waals surface area contributed by atoms with Gasteiger partial charge >= 0.3 is 0 Å². The zero-order valence-electron chi connectivity index (χ0n) is 37.8. The van der Waals surface area contributed by atoms with Crippen LogP contribution in [-0.4, -0.2) is 9.13 Å². The van der Waals surface area contributed by atoms with Crippen LogP contribution in [0.15, 0.2) is 121 Å². The van der Waals surface area contributed by atoms with Gasteiger partial charge in [-0.3, -0.25) is 0 Å². The third-order valence-electron chi connectivity index (χ3n) is 17.2. The summed E-state index contributed by atoms with van der Waals surface area (Å²) >= 11 is 0. The SMILES string of the molecule is [C-]#[N+]c1c(C#N)c(-n2c3ccccc3c3c4c(ccc32)-c2ccccc2C4(C)C)c2c(c1-n1c3ccccc3c3c4c(ccc31)-c1ccccc1C4(C)C)C(C)(C)C(C)(C)C2(C)C. The molecule has 0 bridgehead atoms. The molecule has 0 spiro atoms. The van der Waals surface area contributed by atoms with Crippen molar-refractivity contribution in [2.45, 2.75) is 90.9 Å². The lowest BCUT2D eigenvalue weighted by atomic mass is 9.59. The van der Waals surface area contributed by atoms with Gasteiger partial charge < -0.3 is 9.13 Å². The summed E-state index contributed by atoms with van der Waals surface area (Å²) in [5, 5.41) is 16.6. The third kappa shape index (κ3) is 4.17. The van der Waals surface area contributed by atoms with Crippen molar-refractivity contribution in [1.29, 1.82) is 5.26 Å². The molecule has 0 saturated carbocycles. The number of hydrogen-bond acceptors (Lipinski definition) is 1. The minimum Gasteiger partial charge on any atom is -0.319 e. The molecule has 7 aromatic carbocycles. The molecule has 2 aromatic heterocycles. The van der Waals surface area contributed by atoms with Crippen LogP contribution >= 0.6 is 0 Å². The van der Waals surface area contributed by atoms with E-state index in [0.717, 1.165) is 55.3 Å². The maximum Gasteiger partial charge on any atom is 0.230 e. The topological polar surface area (TPSA) is 38.0 Å². The number of aromatic nitrogens is 2. The molecule has 3 aliphatic carbocycles. The first-order valence-corrected chi connectivity index (χ1v) is 22.4. The predicted molar refractivity (Wildman–Crippen MR) is 261 cm³/mol. The van der Waals surface area contributed by atoms with Crippen molar-refractivity contribution in [1.82, 2.24) is 9.13 Å². The lowest BCUT2D eigenvalue weighted by Gasteiger charge is -2.45. The summed E-state index contributed by atoms with van der Waals surface area (Å²) in [5.74, 6) is 0. The van der Waals surface area contributed by atoms with Gasteiger partial charge in [-0.2, -0.15) is 5.26 Å². The molecule has 2 heterocycles.